The van der Waals surface area contributed by atoms with Crippen molar-refractivity contribution in [3.05, 3.63) is 61.4 Å². The monoisotopic (exact) mass is 424 g/mol. The molecule has 0 amide bonds. The highest BCUT2D eigenvalue weighted by atomic mass is 35.5. The van der Waals surface area contributed by atoms with Crippen LogP contribution in [0.3, 0.4) is 0 Å². The van der Waals surface area contributed by atoms with Crippen molar-refractivity contribution in [2.24, 2.45) is 5.92 Å². The smallest absolute Gasteiger partial charge is 0.227 e. The van der Waals surface area contributed by atoms with Crippen LogP contribution in [-0.4, -0.2) is 29.4 Å². The Morgan fingerprint density at radius 3 is 2.56 bits per heavy atom. The van der Waals surface area contributed by atoms with Gasteiger partial charge in [-0.05, 0) is 19.1 Å². The molecule has 0 atom stereocenters. The molecule has 1 aliphatic rings. The first-order valence-electron chi connectivity index (χ1n) is 8.33. The lowest BCUT2D eigenvalue weighted by molar-refractivity contribution is -0.0512. The summed E-state index contributed by atoms with van der Waals surface area (Å²) in [7, 11) is 0. The maximum Gasteiger partial charge on any atom is 0.227 e. The third-order valence-electron chi connectivity index (χ3n) is 4.46. The Balaban J connectivity index is 1.98. The van der Waals surface area contributed by atoms with Crippen molar-refractivity contribution >= 4 is 45.7 Å². The fourth-order valence-corrected chi connectivity index (χ4v) is 3.88. The number of rotatable bonds is 4. The average molecular weight is 426 g/mol. The number of fused-ring (bicyclic) bond motifs is 1. The maximum absolute atomic E-state index is 12.8. The number of aryl methyl sites for hydroxylation is 1. The molecule has 1 aromatic carbocycles. The number of aromatic nitrogens is 2. The summed E-state index contributed by atoms with van der Waals surface area (Å²) >= 11 is 19.3. The summed E-state index contributed by atoms with van der Waals surface area (Å²) in [4.78, 5) is 17.0. The topological polar surface area (TPSA) is 53.4 Å². The number of benzene rings is 1. The molecule has 140 valence electrons. The first-order chi connectivity index (χ1) is 13.0. The number of para-hydroxylation sites is 1. The Morgan fingerprint density at radius 2 is 1.93 bits per heavy atom. The van der Waals surface area contributed by atoms with Crippen LogP contribution in [0.15, 0.2) is 35.3 Å². The third kappa shape index (κ3) is 3.29. The zero-order valence-corrected chi connectivity index (χ0v) is 16.6. The van der Waals surface area contributed by atoms with Crippen LogP contribution in [0.1, 0.15) is 5.69 Å². The van der Waals surface area contributed by atoms with E-state index in [0.717, 1.165) is 0 Å². The van der Waals surface area contributed by atoms with Crippen LogP contribution >= 0.6 is 34.8 Å². The van der Waals surface area contributed by atoms with Crippen LogP contribution in [0.25, 0.3) is 16.6 Å². The van der Waals surface area contributed by atoms with Crippen molar-refractivity contribution in [1.29, 1.82) is 0 Å². The summed E-state index contributed by atoms with van der Waals surface area (Å²) in [5, 5.41) is 1.49. The molecule has 1 saturated heterocycles. The number of hydrogen-bond acceptors (Lipinski definition) is 4. The molecule has 1 fully saturated rings. The second kappa shape index (κ2) is 7.32. The predicted molar refractivity (Wildman–Crippen MR) is 107 cm³/mol. The highest BCUT2D eigenvalue weighted by molar-refractivity contribution is 6.38. The summed E-state index contributed by atoms with van der Waals surface area (Å²) in [5.41, 5.74) is 1.44. The third-order valence-corrected chi connectivity index (χ3v) is 5.35. The number of ether oxygens (including phenoxy) is 2. The van der Waals surface area contributed by atoms with Crippen LogP contribution in [-0.2, 0) is 4.74 Å². The summed E-state index contributed by atoms with van der Waals surface area (Å²) in [6.07, 6.45) is 1.47. The van der Waals surface area contributed by atoms with Crippen LogP contribution in [0.2, 0.25) is 15.1 Å². The summed E-state index contributed by atoms with van der Waals surface area (Å²) in [6, 6.07) is 6.72. The van der Waals surface area contributed by atoms with E-state index < -0.39 is 0 Å². The van der Waals surface area contributed by atoms with Gasteiger partial charge in [0.15, 0.2) is 5.43 Å². The summed E-state index contributed by atoms with van der Waals surface area (Å²) < 4.78 is 12.7. The second-order valence-corrected chi connectivity index (χ2v) is 7.63. The van der Waals surface area contributed by atoms with E-state index in [2.05, 4.69) is 4.98 Å². The molecule has 27 heavy (non-hydrogen) atoms. The van der Waals surface area contributed by atoms with Gasteiger partial charge in [-0.1, -0.05) is 40.9 Å². The number of hydrogen-bond donors (Lipinski definition) is 0. The van der Waals surface area contributed by atoms with Gasteiger partial charge in [0.2, 0.25) is 5.88 Å². The Kier molecular flexibility index (Phi) is 5.03. The number of halogens is 3. The van der Waals surface area contributed by atoms with E-state index in [0.29, 0.717) is 63.1 Å². The summed E-state index contributed by atoms with van der Waals surface area (Å²) in [6.45, 7) is 3.50. The van der Waals surface area contributed by atoms with Gasteiger partial charge in [0.25, 0.3) is 0 Å². The first-order valence-corrected chi connectivity index (χ1v) is 9.46. The van der Waals surface area contributed by atoms with Crippen molar-refractivity contribution in [1.82, 2.24) is 9.55 Å². The molecule has 0 unspecified atom stereocenters. The lowest BCUT2D eigenvalue weighted by Crippen LogP contribution is -2.32. The van der Waals surface area contributed by atoms with Gasteiger partial charge >= 0.3 is 0 Å². The van der Waals surface area contributed by atoms with Crippen LogP contribution in [0.5, 0.6) is 5.88 Å². The number of nitrogens with zero attached hydrogens (tertiary/aromatic N) is 2. The van der Waals surface area contributed by atoms with E-state index in [1.807, 2.05) is 0 Å². The fraction of sp³-hybridized carbons (Fsp3) is 0.263. The van der Waals surface area contributed by atoms with Crippen LogP contribution in [0, 0.1) is 12.8 Å². The minimum absolute atomic E-state index is 0.225. The van der Waals surface area contributed by atoms with Gasteiger partial charge in [0.05, 0.1) is 52.3 Å². The standard InChI is InChI=1S/C19H15Cl3N2O3/c1-10-5-15(25)16-18(24(10)17-12(20)3-2-4-13(17)21)14(22)6-23-19(16)27-9-11-7-26-8-11/h2-6,11H,7-9H2,1H3. The zero-order valence-electron chi connectivity index (χ0n) is 14.3. The van der Waals surface area contributed by atoms with Crippen LogP contribution < -0.4 is 10.2 Å². The molecule has 8 heteroatoms. The molecule has 5 nitrogen and oxygen atoms in total. The van der Waals surface area contributed by atoms with Gasteiger partial charge in [0, 0.05) is 17.7 Å². The molecule has 3 heterocycles. The predicted octanol–water partition coefficient (Wildman–Crippen LogP) is 4.68. The van der Waals surface area contributed by atoms with Crippen molar-refractivity contribution in [2.45, 2.75) is 6.92 Å². The van der Waals surface area contributed by atoms with Crippen molar-refractivity contribution < 1.29 is 9.47 Å². The molecule has 2 aromatic heterocycles. The van der Waals surface area contributed by atoms with Crippen molar-refractivity contribution in [2.75, 3.05) is 19.8 Å². The summed E-state index contributed by atoms with van der Waals surface area (Å²) in [5.74, 6) is 0.534. The molecule has 3 aromatic rings. The van der Waals surface area contributed by atoms with Crippen molar-refractivity contribution in [3.8, 4) is 11.6 Å². The molecular formula is C19H15Cl3N2O3. The molecule has 1 aliphatic heterocycles. The molecule has 0 saturated carbocycles. The van der Waals surface area contributed by atoms with Gasteiger partial charge in [-0.3, -0.25) is 4.79 Å². The van der Waals surface area contributed by atoms with E-state index in [9.17, 15) is 4.79 Å². The first kappa shape index (κ1) is 18.6. The molecule has 0 radical (unpaired) electrons. The lowest BCUT2D eigenvalue weighted by Gasteiger charge is -2.26. The second-order valence-electron chi connectivity index (χ2n) is 6.41. The van der Waals surface area contributed by atoms with E-state index in [1.54, 1.807) is 29.7 Å². The average Bonchev–Trinajstić information content (AvgIpc) is 2.57. The molecule has 4 rings (SSSR count). The van der Waals surface area contributed by atoms with E-state index in [-0.39, 0.29) is 11.3 Å². The SMILES string of the molecule is Cc1cc(=O)c2c(OCC3COC3)ncc(Cl)c2n1-c1c(Cl)cccc1Cl. The highest BCUT2D eigenvalue weighted by Crippen LogP contribution is 2.35. The Hall–Kier alpha value is -1.79. The largest absolute Gasteiger partial charge is 0.477 e. The van der Waals surface area contributed by atoms with Crippen LogP contribution in [0.4, 0.5) is 0 Å². The highest BCUT2D eigenvalue weighted by Gasteiger charge is 2.23. The Bertz CT molecular complexity index is 1070. The van der Waals surface area contributed by atoms with Gasteiger partial charge < -0.3 is 14.0 Å². The Morgan fingerprint density at radius 1 is 1.22 bits per heavy atom. The molecular weight excluding hydrogens is 411 g/mol. The van der Waals surface area contributed by atoms with Gasteiger partial charge in [-0.25, -0.2) is 4.98 Å². The van der Waals surface area contributed by atoms with E-state index in [4.69, 9.17) is 44.3 Å². The zero-order chi connectivity index (χ0) is 19.1. The molecule has 0 spiro atoms. The van der Waals surface area contributed by atoms with E-state index >= 15 is 0 Å². The van der Waals surface area contributed by atoms with Gasteiger partial charge in [-0.15, -0.1) is 0 Å². The van der Waals surface area contributed by atoms with Gasteiger partial charge in [0.1, 0.15) is 5.39 Å². The minimum atomic E-state index is -0.225. The van der Waals surface area contributed by atoms with E-state index in [1.165, 1.54) is 12.3 Å². The van der Waals surface area contributed by atoms with Crippen molar-refractivity contribution in [3.63, 3.8) is 0 Å². The van der Waals surface area contributed by atoms with Gasteiger partial charge in [-0.2, -0.15) is 0 Å². The molecule has 0 aliphatic carbocycles. The Labute approximate surface area is 170 Å². The fourth-order valence-electron chi connectivity index (χ4n) is 3.08. The molecule has 0 N–H and O–H groups in total. The quantitative estimate of drug-likeness (QED) is 0.609. The maximum atomic E-state index is 12.8. The normalized spacial score (nSPS) is 14.4. The lowest BCUT2D eigenvalue weighted by atomic mass is 10.1. The number of pyridine rings is 2. The molecule has 0 bridgehead atoms. The minimum Gasteiger partial charge on any atom is -0.477 e.